The van der Waals surface area contributed by atoms with Crippen LogP contribution >= 0.6 is 15.9 Å². The van der Waals surface area contributed by atoms with Crippen LogP contribution < -0.4 is 18.9 Å². The Morgan fingerprint density at radius 3 is 2.63 bits per heavy atom. The predicted molar refractivity (Wildman–Crippen MR) is 103 cm³/mol. The highest BCUT2D eigenvalue weighted by Crippen LogP contribution is 2.41. The second kappa shape index (κ2) is 6.88. The highest BCUT2D eigenvalue weighted by molar-refractivity contribution is 9.10. The molecule has 2 aromatic rings. The van der Waals surface area contributed by atoms with Crippen LogP contribution in [0.5, 0.6) is 23.0 Å². The fraction of sp³-hybridized carbons (Fsp3) is 0.300. The minimum Gasteiger partial charge on any atom is -0.493 e. The third-order valence-corrected chi connectivity index (χ3v) is 5.69. The quantitative estimate of drug-likeness (QED) is 0.548. The highest BCUT2D eigenvalue weighted by atomic mass is 79.9. The van der Waals surface area contributed by atoms with Gasteiger partial charge in [0.2, 0.25) is 6.79 Å². The van der Waals surface area contributed by atoms with Crippen LogP contribution in [0.15, 0.2) is 28.7 Å². The molecule has 7 heteroatoms. The van der Waals surface area contributed by atoms with Gasteiger partial charge in [0, 0.05) is 12.0 Å². The maximum atomic E-state index is 13.5. The lowest BCUT2D eigenvalue weighted by molar-refractivity contribution is -0.496. The number of fused-ring (bicyclic) bond motifs is 2. The van der Waals surface area contributed by atoms with Crippen molar-refractivity contribution in [1.82, 2.24) is 0 Å². The molecule has 2 aromatic carbocycles. The number of likely N-dealkylation sites (N-methyl/N-ethyl adjacent to an activating group) is 1. The first-order chi connectivity index (χ1) is 13.0. The Hall–Kier alpha value is -2.54. The minimum absolute atomic E-state index is 0.0872. The fourth-order valence-corrected chi connectivity index (χ4v) is 4.11. The van der Waals surface area contributed by atoms with E-state index in [2.05, 4.69) is 15.9 Å². The largest absolute Gasteiger partial charge is 0.493 e. The summed E-state index contributed by atoms with van der Waals surface area (Å²) in [5.41, 5.74) is 3.07. The number of hydrogen-bond acceptors (Lipinski definition) is 5. The molecule has 0 spiro atoms. The first-order valence-electron chi connectivity index (χ1n) is 8.51. The molecule has 140 valence electrons. The summed E-state index contributed by atoms with van der Waals surface area (Å²) in [7, 11) is 5.12. The Bertz CT molecular complexity index is 983. The second-order valence-corrected chi connectivity index (χ2v) is 7.17. The molecule has 0 radical (unpaired) electrons. The van der Waals surface area contributed by atoms with Gasteiger partial charge in [-0.25, -0.2) is 4.58 Å². The molecule has 0 saturated carbocycles. The molecule has 0 unspecified atom stereocenters. The lowest BCUT2D eigenvalue weighted by Crippen LogP contribution is -2.33. The van der Waals surface area contributed by atoms with Crippen molar-refractivity contribution in [3.8, 4) is 23.0 Å². The van der Waals surface area contributed by atoms with E-state index in [1.54, 1.807) is 26.4 Å². The van der Waals surface area contributed by atoms with Crippen molar-refractivity contribution in [2.24, 2.45) is 0 Å². The van der Waals surface area contributed by atoms with Crippen LogP contribution in [0.3, 0.4) is 0 Å². The zero-order valence-corrected chi connectivity index (χ0v) is 16.9. The monoisotopic (exact) mass is 432 g/mol. The first-order valence-corrected chi connectivity index (χ1v) is 9.30. The number of benzene rings is 2. The Balaban J connectivity index is 1.84. The minimum atomic E-state index is -0.0872. The number of nitrogens with zero attached hydrogens (tertiary/aromatic N) is 1. The average molecular weight is 433 g/mol. The van der Waals surface area contributed by atoms with Crippen LogP contribution in [0.4, 0.5) is 0 Å². The Morgan fingerprint density at radius 2 is 1.89 bits per heavy atom. The van der Waals surface area contributed by atoms with Gasteiger partial charge in [-0.15, -0.1) is 0 Å². The van der Waals surface area contributed by atoms with Gasteiger partial charge in [0.15, 0.2) is 23.0 Å². The Kier molecular flexibility index (Phi) is 4.55. The highest BCUT2D eigenvalue weighted by Gasteiger charge is 2.34. The van der Waals surface area contributed by atoms with E-state index in [0.717, 1.165) is 24.1 Å². The van der Waals surface area contributed by atoms with Gasteiger partial charge in [-0.1, -0.05) is 0 Å². The second-order valence-electron chi connectivity index (χ2n) is 6.37. The van der Waals surface area contributed by atoms with Crippen molar-refractivity contribution in [2.75, 3.05) is 34.6 Å². The molecule has 0 saturated heterocycles. The van der Waals surface area contributed by atoms with Crippen LogP contribution in [0.2, 0.25) is 0 Å². The normalized spacial score (nSPS) is 14.8. The first kappa shape index (κ1) is 17.9. The average Bonchev–Trinajstić information content (AvgIpc) is 3.16. The zero-order chi connectivity index (χ0) is 19.1. The molecule has 2 heterocycles. The van der Waals surface area contributed by atoms with Crippen molar-refractivity contribution in [2.45, 2.75) is 6.42 Å². The van der Waals surface area contributed by atoms with E-state index in [1.807, 2.05) is 23.8 Å². The summed E-state index contributed by atoms with van der Waals surface area (Å²) in [6.45, 7) is 0.896. The van der Waals surface area contributed by atoms with E-state index in [4.69, 9.17) is 18.9 Å². The number of carbonyl (C=O) groups excluding carboxylic acids is 1. The molecule has 0 aliphatic carbocycles. The van der Waals surface area contributed by atoms with Gasteiger partial charge >= 0.3 is 0 Å². The molecule has 27 heavy (non-hydrogen) atoms. The van der Waals surface area contributed by atoms with Crippen LogP contribution in [0, 0.1) is 0 Å². The third-order valence-electron chi connectivity index (χ3n) is 4.90. The van der Waals surface area contributed by atoms with Crippen molar-refractivity contribution in [1.29, 1.82) is 0 Å². The number of halogens is 1. The van der Waals surface area contributed by atoms with Gasteiger partial charge in [-0.2, -0.15) is 0 Å². The number of ether oxygens (including phenoxy) is 4. The number of Topliss-reactive ketones (excluding diaryl/α,β-unsaturated/α-hetero) is 1. The molecule has 0 atom stereocenters. The van der Waals surface area contributed by atoms with Gasteiger partial charge in [0.25, 0.3) is 11.5 Å². The van der Waals surface area contributed by atoms with Gasteiger partial charge in [-0.05, 0) is 45.8 Å². The maximum absolute atomic E-state index is 13.5. The van der Waals surface area contributed by atoms with E-state index < -0.39 is 0 Å². The van der Waals surface area contributed by atoms with E-state index in [1.165, 1.54) is 0 Å². The summed E-state index contributed by atoms with van der Waals surface area (Å²) in [6, 6.07) is 7.34. The molecular weight excluding hydrogens is 414 g/mol. The molecule has 2 aliphatic heterocycles. The van der Waals surface area contributed by atoms with E-state index in [-0.39, 0.29) is 12.6 Å². The van der Waals surface area contributed by atoms with Gasteiger partial charge in [-0.3, -0.25) is 4.79 Å². The zero-order valence-electron chi connectivity index (χ0n) is 15.3. The number of hydrogen-bond donors (Lipinski definition) is 0. The van der Waals surface area contributed by atoms with Gasteiger partial charge < -0.3 is 18.9 Å². The van der Waals surface area contributed by atoms with Crippen molar-refractivity contribution >= 4 is 27.4 Å². The lowest BCUT2D eigenvalue weighted by atomic mass is 9.91. The third kappa shape index (κ3) is 2.86. The van der Waals surface area contributed by atoms with E-state index >= 15 is 0 Å². The van der Waals surface area contributed by atoms with Crippen molar-refractivity contribution in [3.05, 3.63) is 45.4 Å². The molecular formula is C20H19BrNO5+. The molecule has 2 aliphatic rings. The fourth-order valence-electron chi connectivity index (χ4n) is 3.49. The van der Waals surface area contributed by atoms with Crippen LogP contribution in [-0.2, 0) is 6.42 Å². The van der Waals surface area contributed by atoms with Crippen LogP contribution in [0.1, 0.15) is 21.5 Å². The molecule has 0 bridgehead atoms. The summed E-state index contributed by atoms with van der Waals surface area (Å²) in [5.74, 6) is 2.37. The van der Waals surface area contributed by atoms with E-state index in [9.17, 15) is 4.79 Å². The van der Waals surface area contributed by atoms with Crippen molar-refractivity contribution < 1.29 is 28.3 Å². The smallest absolute Gasteiger partial charge is 0.258 e. The summed E-state index contributed by atoms with van der Waals surface area (Å²) in [4.78, 5) is 13.5. The topological polar surface area (TPSA) is 57.0 Å². The van der Waals surface area contributed by atoms with E-state index in [0.29, 0.717) is 38.7 Å². The van der Waals surface area contributed by atoms with Crippen molar-refractivity contribution in [3.63, 3.8) is 0 Å². The molecule has 4 rings (SSSR count). The molecule has 0 N–H and O–H groups in total. The van der Waals surface area contributed by atoms with Gasteiger partial charge in [0.05, 0.1) is 24.3 Å². The maximum Gasteiger partial charge on any atom is 0.258 e. The summed E-state index contributed by atoms with van der Waals surface area (Å²) in [5, 5.41) is 0. The molecule has 0 fully saturated rings. The number of carbonyl (C=O) groups is 1. The van der Waals surface area contributed by atoms with Gasteiger partial charge in [0.1, 0.15) is 13.6 Å². The van der Waals surface area contributed by atoms with Crippen LogP contribution in [-0.4, -0.2) is 50.7 Å². The molecule has 0 aromatic heterocycles. The summed E-state index contributed by atoms with van der Waals surface area (Å²) >= 11 is 3.51. The predicted octanol–water partition coefficient (Wildman–Crippen LogP) is 3.07. The Labute approximate surface area is 165 Å². The number of rotatable bonds is 4. The summed E-state index contributed by atoms with van der Waals surface area (Å²) < 4.78 is 24.3. The van der Waals surface area contributed by atoms with Crippen LogP contribution in [0.25, 0.3) is 0 Å². The number of methoxy groups -OCH3 is 2. The molecule has 6 nitrogen and oxygen atoms in total. The summed E-state index contributed by atoms with van der Waals surface area (Å²) in [6.07, 6.45) is 0.825. The Morgan fingerprint density at radius 1 is 1.15 bits per heavy atom. The SMILES string of the molecule is COc1cc2c(cc1OC)C(C(=O)c1ccc3c(c1Br)OCO3)=[N+](C)CC2. The lowest BCUT2D eigenvalue weighted by Gasteiger charge is -2.19. The standard InChI is InChI=1S/C20H19BrNO5/c1-22-7-6-11-8-15(24-2)16(25-3)9-13(11)18(22)19(23)12-4-5-14-20(17(12)21)27-10-26-14/h4-5,8-9H,6-7,10H2,1-3H3/q+1. The number of ketones is 1. The molecule has 0 amide bonds.